The molecule has 27 heteroatoms. The Morgan fingerprint density at radius 2 is 0.892 bits per heavy atom. The maximum atomic E-state index is 12.8. The Morgan fingerprint density at radius 1 is 0.538 bits per heavy atom. The molecule has 20 nitrogen and oxygen atoms in total. The van der Waals surface area contributed by atoms with E-state index < -0.39 is 71.9 Å². The van der Waals surface area contributed by atoms with Gasteiger partial charge < -0.3 is 20.8 Å². The van der Waals surface area contributed by atoms with Crippen molar-refractivity contribution in [2.24, 2.45) is 0 Å². The van der Waals surface area contributed by atoms with Gasteiger partial charge in [0.25, 0.3) is 40.5 Å². The Morgan fingerprint density at radius 3 is 1.23 bits per heavy atom. The van der Waals surface area contributed by atoms with Crippen molar-refractivity contribution in [3.8, 4) is 11.5 Å². The van der Waals surface area contributed by atoms with Crippen molar-refractivity contribution >= 4 is 121 Å². The molecule has 0 atom stereocenters. The summed E-state index contributed by atoms with van der Waals surface area (Å²) in [4.78, 5) is 31.1. The minimum atomic E-state index is -4.98. The SMILES string of the molecule is O=C(CSCc1cc(S(=O)(=O)O)c2cccnc2c1O)Nc1ccc(/C=C/c2ccc(NC(=O)CSCc3cc(S(=O)(=O)O)c4cccnc4c3O)cc2S(=O)(=O)O)c(S(=O)(=O)O)c1.[Na+]. The van der Waals surface area contributed by atoms with Crippen molar-refractivity contribution in [3.63, 3.8) is 0 Å². The van der Waals surface area contributed by atoms with Crippen molar-refractivity contribution in [2.45, 2.75) is 31.1 Å². The second-order valence-corrected chi connectivity index (χ2v) is 20.9. The number of phenols is 2. The zero-order valence-electron chi connectivity index (χ0n) is 33.2. The first-order chi connectivity index (χ1) is 29.9. The molecule has 0 bridgehead atoms. The number of thioether (sulfide) groups is 2. The van der Waals surface area contributed by atoms with Crippen LogP contribution >= 0.6 is 23.5 Å². The molecule has 0 saturated carbocycles. The summed E-state index contributed by atoms with van der Waals surface area (Å²) in [6.07, 6.45) is 4.81. The predicted molar refractivity (Wildman–Crippen MR) is 237 cm³/mol. The van der Waals surface area contributed by atoms with Crippen LogP contribution in [0.5, 0.6) is 11.5 Å². The van der Waals surface area contributed by atoms with Crippen LogP contribution in [-0.2, 0) is 61.6 Å². The van der Waals surface area contributed by atoms with Crippen LogP contribution < -0.4 is 40.2 Å². The first-order valence-corrected chi connectivity index (χ1v) is 25.8. The number of pyridine rings is 2. The monoisotopic (exact) mass is 1020 g/mol. The van der Waals surface area contributed by atoms with Gasteiger partial charge in [0.15, 0.2) is 0 Å². The molecule has 2 aromatic heterocycles. The van der Waals surface area contributed by atoms with Crippen LogP contribution in [0, 0.1) is 0 Å². The number of benzene rings is 4. The van der Waals surface area contributed by atoms with Gasteiger partial charge in [0.1, 0.15) is 42.1 Å². The average molecular weight is 1020 g/mol. The molecule has 0 saturated heterocycles. The number of anilines is 2. The van der Waals surface area contributed by atoms with Crippen LogP contribution in [0.4, 0.5) is 11.4 Å². The van der Waals surface area contributed by atoms with E-state index >= 15 is 0 Å². The maximum Gasteiger partial charge on any atom is 1.00 e. The van der Waals surface area contributed by atoms with Crippen molar-refractivity contribution in [1.82, 2.24) is 9.97 Å². The molecule has 2 heterocycles. The van der Waals surface area contributed by atoms with Crippen molar-refractivity contribution in [1.29, 1.82) is 0 Å². The van der Waals surface area contributed by atoms with E-state index in [0.29, 0.717) is 0 Å². The number of carbonyl (C=O) groups excluding carboxylic acids is 2. The number of fused-ring (bicyclic) bond motifs is 2. The van der Waals surface area contributed by atoms with Crippen LogP contribution in [0.3, 0.4) is 0 Å². The van der Waals surface area contributed by atoms with Gasteiger partial charge in [-0.1, -0.05) is 24.3 Å². The molecule has 6 aromatic rings. The molecule has 0 fully saturated rings. The van der Waals surface area contributed by atoms with E-state index in [1.807, 2.05) is 0 Å². The summed E-state index contributed by atoms with van der Waals surface area (Å²) < 4.78 is 137. The number of nitrogens with zero attached hydrogens (tertiary/aromatic N) is 2. The number of amides is 2. The van der Waals surface area contributed by atoms with Crippen LogP contribution in [0.1, 0.15) is 22.3 Å². The van der Waals surface area contributed by atoms with Crippen molar-refractivity contribution in [2.75, 3.05) is 22.1 Å². The summed E-state index contributed by atoms with van der Waals surface area (Å²) in [7, 11) is -19.4. The van der Waals surface area contributed by atoms with E-state index in [-0.39, 0.29) is 120 Å². The Hall–Kier alpha value is -4.68. The standard InChI is InChI=1S/C38H32N4O16S6.Na/c43-33(19-59-17-23-13-31(63(53,54)55)27-3-1-11-39-35(27)37(23)45)41-25-9-7-21(29(15-25)61(47,48)49)5-6-22-8-10-26(16-30(22)62(50,51)52)42-34(44)20-60-18-24-14-32(64(56,57)58)28-4-2-12-40-36(28)38(24)46;/h1-16,45-46H,17-20H2,(H,41,43)(H,42,44)(H,47,48,49)(H,50,51,52)(H,53,54,55)(H,56,57,58);/q;+1/b6-5+;. The zero-order valence-corrected chi connectivity index (χ0v) is 40.1. The minimum absolute atomic E-state index is 0. The fourth-order valence-electron chi connectivity index (χ4n) is 6.17. The van der Waals surface area contributed by atoms with Gasteiger partial charge in [-0.15, -0.1) is 23.5 Å². The second kappa shape index (κ2) is 20.5. The zero-order chi connectivity index (χ0) is 46.8. The first kappa shape index (κ1) is 51.3. The van der Waals surface area contributed by atoms with E-state index in [9.17, 15) is 71.7 Å². The fraction of sp³-hybridized carbons (Fsp3) is 0.105. The van der Waals surface area contributed by atoms with Gasteiger partial charge in [-0.25, -0.2) is 0 Å². The molecule has 0 radical (unpaired) electrons. The summed E-state index contributed by atoms with van der Waals surface area (Å²) in [5.41, 5.74) is -0.637. The minimum Gasteiger partial charge on any atom is -0.505 e. The molecule has 0 unspecified atom stereocenters. The van der Waals surface area contributed by atoms with Gasteiger partial charge in [-0.05, 0) is 71.8 Å². The van der Waals surface area contributed by atoms with E-state index in [0.717, 1.165) is 59.9 Å². The van der Waals surface area contributed by atoms with Crippen LogP contribution in [0.15, 0.2) is 105 Å². The van der Waals surface area contributed by atoms with Crippen LogP contribution in [0.2, 0.25) is 0 Å². The third-order valence-corrected chi connectivity index (χ3v) is 14.5. The van der Waals surface area contributed by atoms with Gasteiger partial charge in [-0.3, -0.25) is 37.8 Å². The molecule has 0 aliphatic rings. The number of aromatic hydroxyl groups is 2. The normalized spacial score (nSPS) is 12.3. The number of hydrogen-bond acceptors (Lipinski definition) is 16. The summed E-state index contributed by atoms with van der Waals surface area (Å²) in [6, 6.07) is 14.3. The van der Waals surface area contributed by atoms with Crippen LogP contribution in [-0.4, -0.2) is 95.4 Å². The number of rotatable bonds is 16. The molecule has 6 rings (SSSR count). The molecule has 0 spiro atoms. The largest absolute Gasteiger partial charge is 1.00 e. The molecule has 2 amide bonds. The fourth-order valence-corrected chi connectivity index (χ4v) is 10.7. The number of nitrogens with one attached hydrogen (secondary N) is 2. The second-order valence-electron chi connectivity index (χ2n) is 13.4. The molecule has 0 aliphatic heterocycles. The third-order valence-electron chi connectivity index (χ3n) is 8.94. The van der Waals surface area contributed by atoms with E-state index in [1.165, 1.54) is 60.9 Å². The first-order valence-electron chi connectivity index (χ1n) is 17.7. The maximum absolute atomic E-state index is 12.8. The molecule has 336 valence electrons. The molecule has 65 heavy (non-hydrogen) atoms. The summed E-state index contributed by atoms with van der Waals surface area (Å²) in [5, 5.41) is 26.2. The topological polar surface area (TPSA) is 342 Å². The molecular formula is C38H32N4NaO16S6+. The summed E-state index contributed by atoms with van der Waals surface area (Å²) in [6.45, 7) is 0. The Bertz CT molecular complexity index is 3150. The van der Waals surface area contributed by atoms with Gasteiger partial charge in [-0.2, -0.15) is 33.7 Å². The van der Waals surface area contributed by atoms with Crippen LogP contribution in [0.25, 0.3) is 34.0 Å². The van der Waals surface area contributed by atoms with Gasteiger partial charge in [0, 0.05) is 57.2 Å². The number of carbonyl (C=O) groups is 2. The molecule has 8 N–H and O–H groups in total. The van der Waals surface area contributed by atoms with E-state index in [2.05, 4.69) is 20.6 Å². The molecular weight excluding hydrogens is 984 g/mol. The molecule has 4 aromatic carbocycles. The number of phenolic OH excluding ortho intramolecular Hbond substituents is 2. The summed E-state index contributed by atoms with van der Waals surface area (Å²) in [5.74, 6) is -2.92. The van der Waals surface area contributed by atoms with Crippen molar-refractivity contribution < 1.29 is 101 Å². The molecule has 0 aliphatic carbocycles. The third kappa shape index (κ3) is 12.6. The Kier molecular flexibility index (Phi) is 16.1. The predicted octanol–water partition coefficient (Wildman–Crippen LogP) is 2.10. The van der Waals surface area contributed by atoms with E-state index in [1.54, 1.807) is 0 Å². The van der Waals surface area contributed by atoms with Gasteiger partial charge in [0.05, 0.1) is 11.5 Å². The van der Waals surface area contributed by atoms with Crippen molar-refractivity contribution in [3.05, 3.63) is 107 Å². The van der Waals surface area contributed by atoms with Gasteiger partial charge in [0.2, 0.25) is 11.8 Å². The number of hydrogen-bond donors (Lipinski definition) is 8. The summed E-state index contributed by atoms with van der Waals surface area (Å²) >= 11 is 1.85. The van der Waals surface area contributed by atoms with Gasteiger partial charge >= 0.3 is 29.6 Å². The Balaban J connectivity index is 0.00000793. The smallest absolute Gasteiger partial charge is 0.505 e. The van der Waals surface area contributed by atoms with E-state index in [4.69, 9.17) is 0 Å². The quantitative estimate of drug-likeness (QED) is 0.0391. The average Bonchev–Trinajstić information content (AvgIpc) is 3.20. The Labute approximate surface area is 401 Å². The number of aromatic nitrogens is 2.